The first-order valence-electron chi connectivity index (χ1n) is 19.4. The second-order valence-corrected chi connectivity index (χ2v) is 14.6. The van der Waals surface area contributed by atoms with Gasteiger partial charge in [0, 0.05) is 49.7 Å². The van der Waals surface area contributed by atoms with Gasteiger partial charge in [0.2, 0.25) is 0 Å². The molecule has 0 bridgehead atoms. The molecule has 0 aromatic heterocycles. The molecule has 2 aliphatic rings. The van der Waals surface area contributed by atoms with Crippen molar-refractivity contribution in [1.29, 1.82) is 0 Å². The maximum atomic E-state index is 12.1. The molecule has 2 unspecified atom stereocenters. The maximum absolute atomic E-state index is 12.1. The molecule has 14 heteroatoms. The fourth-order valence-electron chi connectivity index (χ4n) is 7.89. The van der Waals surface area contributed by atoms with E-state index in [1.807, 2.05) is 84.9 Å². The first kappa shape index (κ1) is 40.0. The van der Waals surface area contributed by atoms with Crippen molar-refractivity contribution in [3.8, 4) is 0 Å². The van der Waals surface area contributed by atoms with Gasteiger partial charge in [0.05, 0.1) is 17.0 Å². The van der Waals surface area contributed by atoms with E-state index in [0.717, 1.165) is 50.5 Å². The normalized spacial score (nSPS) is 16.0. The summed E-state index contributed by atoms with van der Waals surface area (Å²) < 4.78 is 4.87. The van der Waals surface area contributed by atoms with Gasteiger partial charge in [0.25, 0.3) is 11.4 Å². The summed E-state index contributed by atoms with van der Waals surface area (Å²) in [5.41, 5.74) is 4.22. The largest absolute Gasteiger partial charge is 0.480 e. The van der Waals surface area contributed by atoms with E-state index in [1.54, 1.807) is 28.0 Å². The van der Waals surface area contributed by atoms with Crippen molar-refractivity contribution in [2.45, 2.75) is 50.9 Å². The van der Waals surface area contributed by atoms with Gasteiger partial charge in [-0.3, -0.25) is 20.2 Å². The zero-order valence-corrected chi connectivity index (χ0v) is 32.5. The summed E-state index contributed by atoms with van der Waals surface area (Å²) in [6, 6.07) is 37.3. The number of anilines is 4. The van der Waals surface area contributed by atoms with E-state index in [9.17, 15) is 34.9 Å². The number of benzene rings is 6. The van der Waals surface area contributed by atoms with Crippen LogP contribution in [0.5, 0.6) is 0 Å². The van der Waals surface area contributed by atoms with Crippen LogP contribution in [0.3, 0.4) is 0 Å². The number of nitro benzene ring substituents is 2. The monoisotopic (exact) mass is 796 g/mol. The van der Waals surface area contributed by atoms with E-state index in [-0.39, 0.29) is 22.3 Å². The number of nitro groups is 2. The highest BCUT2D eigenvalue weighted by Gasteiger charge is 2.36. The topological polar surface area (TPSA) is 180 Å². The number of aliphatic carboxylic acids is 1. The van der Waals surface area contributed by atoms with Gasteiger partial charge < -0.3 is 30.3 Å². The molecule has 6 aromatic rings. The minimum absolute atomic E-state index is 0.00335. The molecule has 0 saturated carbocycles. The summed E-state index contributed by atoms with van der Waals surface area (Å²) >= 11 is 0. The third-order valence-electron chi connectivity index (χ3n) is 10.8. The minimum atomic E-state index is -0.946. The lowest BCUT2D eigenvalue weighted by atomic mass is 10.1. The second-order valence-electron chi connectivity index (χ2n) is 14.6. The number of methoxy groups -OCH3 is 1. The predicted octanol–water partition coefficient (Wildman–Crippen LogP) is 8.92. The second kappa shape index (κ2) is 17.9. The minimum Gasteiger partial charge on any atom is -0.480 e. The van der Waals surface area contributed by atoms with Crippen LogP contribution in [0.1, 0.15) is 36.8 Å². The Balaban J connectivity index is 0.000000179. The number of carbonyl (C=O) groups excluding carboxylic acids is 1. The summed E-state index contributed by atoms with van der Waals surface area (Å²) in [6.07, 6.45) is 2.63. The van der Waals surface area contributed by atoms with E-state index < -0.39 is 23.0 Å². The van der Waals surface area contributed by atoms with Crippen molar-refractivity contribution >= 4 is 67.6 Å². The number of nitrogens with zero attached hydrogens (tertiary/aromatic N) is 4. The lowest BCUT2D eigenvalue weighted by Crippen LogP contribution is -2.37. The molecule has 2 heterocycles. The Morgan fingerprint density at radius 1 is 0.644 bits per heavy atom. The molecule has 0 aliphatic carbocycles. The molecule has 6 aromatic carbocycles. The summed E-state index contributed by atoms with van der Waals surface area (Å²) in [6.45, 7) is 1.99. The Morgan fingerprint density at radius 3 is 1.53 bits per heavy atom. The van der Waals surface area contributed by atoms with E-state index in [1.165, 1.54) is 13.2 Å². The molecule has 2 aliphatic heterocycles. The van der Waals surface area contributed by atoms with Gasteiger partial charge in [-0.25, -0.2) is 9.59 Å². The summed E-state index contributed by atoms with van der Waals surface area (Å²) in [5.74, 6) is -1.30. The van der Waals surface area contributed by atoms with Crippen LogP contribution in [0.25, 0.3) is 21.5 Å². The fraction of sp³-hybridized carbons (Fsp3) is 0.244. The van der Waals surface area contributed by atoms with Crippen LogP contribution in [0.2, 0.25) is 0 Å². The average molecular weight is 797 g/mol. The number of fused-ring (bicyclic) bond motifs is 2. The van der Waals surface area contributed by atoms with Crippen molar-refractivity contribution in [2.75, 3.05) is 40.6 Å². The quantitative estimate of drug-likeness (QED) is 0.0609. The molecule has 2 fully saturated rings. The number of esters is 1. The van der Waals surface area contributed by atoms with Crippen LogP contribution in [0.15, 0.2) is 121 Å². The molecule has 3 N–H and O–H groups in total. The standard InChI is InChI=1S/C23H23N3O4.C22H21N3O4/c1-30-23(27)21-7-4-12-25(21)20-11-8-16(13-22(20)26(28)29)15-24-19-10-9-17-5-2-3-6-18(17)14-19;26-22(27)20-6-3-11-24(20)19-10-7-15(12-21(19)25(28)29)14-23-18-9-8-16-4-1-2-5-17(16)13-18/h2-3,5-6,8-11,13-14,21,24H,4,7,12,15H2,1H3;1-2,4-5,7-10,12-13,20,23H,3,6,11,14H2,(H,26,27). The molecule has 2 atom stereocenters. The zero-order valence-electron chi connectivity index (χ0n) is 32.5. The first-order chi connectivity index (χ1) is 28.6. The predicted molar refractivity (Wildman–Crippen MR) is 229 cm³/mol. The summed E-state index contributed by atoms with van der Waals surface area (Å²) in [7, 11) is 1.34. The Hall–Kier alpha value is -7.22. The SMILES string of the molecule is COC(=O)C1CCCN1c1ccc(CNc2ccc3ccccc3c2)cc1[N+](=O)[O-].O=C(O)C1CCCN1c1ccc(CNc2ccc3ccccc3c2)cc1[N+](=O)[O-]. The number of nitrogens with one attached hydrogen (secondary N) is 2. The highest BCUT2D eigenvalue weighted by Crippen LogP contribution is 2.36. The molecule has 302 valence electrons. The number of hydrogen-bond donors (Lipinski definition) is 3. The highest BCUT2D eigenvalue weighted by atomic mass is 16.6. The van der Waals surface area contributed by atoms with Crippen molar-refractivity contribution in [3.63, 3.8) is 0 Å². The smallest absolute Gasteiger partial charge is 0.328 e. The average Bonchev–Trinajstić information content (AvgIpc) is 3.96. The van der Waals surface area contributed by atoms with Gasteiger partial charge in [-0.15, -0.1) is 0 Å². The van der Waals surface area contributed by atoms with Crippen molar-refractivity contribution in [1.82, 2.24) is 0 Å². The van der Waals surface area contributed by atoms with Crippen LogP contribution >= 0.6 is 0 Å². The van der Waals surface area contributed by atoms with Crippen LogP contribution in [0.4, 0.5) is 34.1 Å². The third kappa shape index (κ3) is 9.17. The van der Waals surface area contributed by atoms with Crippen LogP contribution in [-0.4, -0.2) is 59.2 Å². The summed E-state index contributed by atoms with van der Waals surface area (Å²) in [5, 5.41) is 44.0. The Bertz CT molecular complexity index is 2530. The molecule has 0 spiro atoms. The number of carboxylic acid groups (broad SMARTS) is 1. The van der Waals surface area contributed by atoms with E-state index >= 15 is 0 Å². The highest BCUT2D eigenvalue weighted by molar-refractivity contribution is 5.87. The molecular formula is C45H44N6O8. The number of rotatable bonds is 12. The van der Waals surface area contributed by atoms with Crippen LogP contribution in [0, 0.1) is 20.2 Å². The van der Waals surface area contributed by atoms with Gasteiger partial charge in [-0.1, -0.05) is 72.8 Å². The molecule has 2 saturated heterocycles. The van der Waals surface area contributed by atoms with Gasteiger partial charge in [0.1, 0.15) is 23.5 Å². The van der Waals surface area contributed by atoms with Crippen LogP contribution in [-0.2, 0) is 27.4 Å². The first-order valence-corrected chi connectivity index (χ1v) is 19.4. The van der Waals surface area contributed by atoms with Gasteiger partial charge in [-0.2, -0.15) is 0 Å². The number of hydrogen-bond acceptors (Lipinski definition) is 11. The molecule has 0 amide bonds. The lowest BCUT2D eigenvalue weighted by molar-refractivity contribution is -0.384. The molecule has 8 rings (SSSR count). The molecule has 59 heavy (non-hydrogen) atoms. The van der Waals surface area contributed by atoms with E-state index in [2.05, 4.69) is 22.8 Å². The molecule has 14 nitrogen and oxygen atoms in total. The Labute approximate surface area is 340 Å². The Kier molecular flexibility index (Phi) is 12.2. The van der Waals surface area contributed by atoms with Gasteiger partial charge in [-0.05, 0) is 94.8 Å². The van der Waals surface area contributed by atoms with Crippen molar-refractivity contribution in [2.24, 2.45) is 0 Å². The number of ether oxygens (including phenoxy) is 1. The van der Waals surface area contributed by atoms with E-state index in [0.29, 0.717) is 56.8 Å². The Morgan fingerprint density at radius 2 is 1.08 bits per heavy atom. The molecular weight excluding hydrogens is 753 g/mol. The van der Waals surface area contributed by atoms with Gasteiger partial charge >= 0.3 is 11.9 Å². The van der Waals surface area contributed by atoms with Crippen molar-refractivity contribution in [3.05, 3.63) is 153 Å². The number of carboxylic acids is 1. The number of carbonyl (C=O) groups is 2. The van der Waals surface area contributed by atoms with Crippen molar-refractivity contribution < 1.29 is 29.3 Å². The fourth-order valence-corrected chi connectivity index (χ4v) is 7.89. The zero-order chi connectivity index (χ0) is 41.5. The maximum Gasteiger partial charge on any atom is 0.328 e. The third-order valence-corrected chi connectivity index (χ3v) is 10.8. The van der Waals surface area contributed by atoms with Crippen LogP contribution < -0.4 is 20.4 Å². The molecule has 0 radical (unpaired) electrons. The lowest BCUT2D eigenvalue weighted by Gasteiger charge is -2.24. The van der Waals surface area contributed by atoms with E-state index in [4.69, 9.17) is 4.74 Å². The summed E-state index contributed by atoms with van der Waals surface area (Å²) in [4.78, 5) is 49.5. The van der Waals surface area contributed by atoms with Gasteiger partial charge in [0.15, 0.2) is 0 Å².